The number of carbonyl (C=O) groups excluding carboxylic acids is 1. The van der Waals surface area contributed by atoms with E-state index in [2.05, 4.69) is 0 Å². The fourth-order valence-electron chi connectivity index (χ4n) is 2.59. The van der Waals surface area contributed by atoms with Gasteiger partial charge in [0, 0.05) is 37.1 Å². The quantitative estimate of drug-likeness (QED) is 0.766. The van der Waals surface area contributed by atoms with Gasteiger partial charge in [-0.05, 0) is 29.7 Å². The zero-order valence-corrected chi connectivity index (χ0v) is 15.0. The van der Waals surface area contributed by atoms with Gasteiger partial charge in [0.05, 0.1) is 0 Å². The van der Waals surface area contributed by atoms with Gasteiger partial charge < -0.3 is 4.90 Å². The highest BCUT2D eigenvalue weighted by atomic mass is 32.2. The first-order valence-corrected chi connectivity index (χ1v) is 10.1. The van der Waals surface area contributed by atoms with E-state index in [4.69, 9.17) is 0 Å². The number of piperazine rings is 1. The molecule has 3 rings (SSSR count). The van der Waals surface area contributed by atoms with Gasteiger partial charge in [0.15, 0.2) is 0 Å². The molecule has 0 N–H and O–H groups in total. The number of halogens is 1. The number of nitrogens with zero attached hydrogens (tertiary/aromatic N) is 2. The molecule has 132 valence electrons. The SMILES string of the molecule is O=C(C=Cc1cccs1)N1CCN(S(=O)(=O)c2ccccc2F)CC1. The second-order valence-corrected chi connectivity index (χ2v) is 8.39. The Morgan fingerprint density at radius 3 is 2.44 bits per heavy atom. The van der Waals surface area contributed by atoms with E-state index in [0.717, 1.165) is 10.9 Å². The molecule has 1 aliphatic heterocycles. The fourth-order valence-corrected chi connectivity index (χ4v) is 4.69. The summed E-state index contributed by atoms with van der Waals surface area (Å²) in [4.78, 5) is 14.4. The Morgan fingerprint density at radius 2 is 1.80 bits per heavy atom. The van der Waals surface area contributed by atoms with Crippen LogP contribution >= 0.6 is 11.3 Å². The second-order valence-electron chi connectivity index (χ2n) is 5.51. The van der Waals surface area contributed by atoms with Crippen LogP contribution in [0.2, 0.25) is 0 Å². The minimum Gasteiger partial charge on any atom is -0.337 e. The first kappa shape index (κ1) is 17.8. The molecule has 0 atom stereocenters. The maximum absolute atomic E-state index is 13.8. The normalized spacial score (nSPS) is 16.4. The van der Waals surface area contributed by atoms with Crippen molar-refractivity contribution in [3.63, 3.8) is 0 Å². The molecule has 1 aromatic carbocycles. The van der Waals surface area contributed by atoms with Crippen LogP contribution in [0.15, 0.2) is 52.7 Å². The van der Waals surface area contributed by atoms with Gasteiger partial charge in [-0.1, -0.05) is 18.2 Å². The number of thiophene rings is 1. The third-order valence-electron chi connectivity index (χ3n) is 3.94. The third-order valence-corrected chi connectivity index (χ3v) is 6.71. The summed E-state index contributed by atoms with van der Waals surface area (Å²) in [6, 6.07) is 9.14. The Hall–Kier alpha value is -2.03. The van der Waals surface area contributed by atoms with Gasteiger partial charge in [-0.25, -0.2) is 12.8 Å². The lowest BCUT2D eigenvalue weighted by Crippen LogP contribution is -2.50. The van der Waals surface area contributed by atoms with Gasteiger partial charge in [0.2, 0.25) is 15.9 Å². The molecular formula is C17H17FN2O3S2. The van der Waals surface area contributed by atoms with Crippen LogP contribution in [-0.2, 0) is 14.8 Å². The van der Waals surface area contributed by atoms with Crippen molar-refractivity contribution >= 4 is 33.3 Å². The number of rotatable bonds is 4. The lowest BCUT2D eigenvalue weighted by molar-refractivity contribution is -0.127. The zero-order valence-electron chi connectivity index (χ0n) is 13.3. The van der Waals surface area contributed by atoms with Crippen molar-refractivity contribution in [3.05, 3.63) is 58.5 Å². The van der Waals surface area contributed by atoms with Gasteiger partial charge in [-0.2, -0.15) is 4.31 Å². The second kappa shape index (κ2) is 7.47. The molecule has 1 amide bonds. The number of hydrogen-bond acceptors (Lipinski definition) is 4. The van der Waals surface area contributed by atoms with Crippen molar-refractivity contribution in [3.8, 4) is 0 Å². The van der Waals surface area contributed by atoms with E-state index in [0.29, 0.717) is 0 Å². The van der Waals surface area contributed by atoms with Crippen LogP contribution < -0.4 is 0 Å². The number of carbonyl (C=O) groups is 1. The summed E-state index contributed by atoms with van der Waals surface area (Å²) < 4.78 is 40.1. The monoisotopic (exact) mass is 380 g/mol. The highest BCUT2D eigenvalue weighted by Crippen LogP contribution is 2.20. The van der Waals surface area contributed by atoms with Crippen molar-refractivity contribution < 1.29 is 17.6 Å². The van der Waals surface area contributed by atoms with Crippen molar-refractivity contribution in [2.75, 3.05) is 26.2 Å². The number of amides is 1. The number of hydrogen-bond donors (Lipinski definition) is 0. The van der Waals surface area contributed by atoms with E-state index in [-0.39, 0.29) is 37.0 Å². The van der Waals surface area contributed by atoms with Crippen LogP contribution in [0.1, 0.15) is 4.88 Å². The highest BCUT2D eigenvalue weighted by Gasteiger charge is 2.31. The molecule has 8 heteroatoms. The van der Waals surface area contributed by atoms with E-state index < -0.39 is 15.8 Å². The molecule has 0 aliphatic carbocycles. The predicted molar refractivity (Wildman–Crippen MR) is 95.1 cm³/mol. The molecule has 0 unspecified atom stereocenters. The van der Waals surface area contributed by atoms with Gasteiger partial charge in [0.1, 0.15) is 10.7 Å². The number of benzene rings is 1. The predicted octanol–water partition coefficient (Wildman–Crippen LogP) is 2.43. The Labute approximate surface area is 150 Å². The molecule has 1 saturated heterocycles. The topological polar surface area (TPSA) is 57.7 Å². The summed E-state index contributed by atoms with van der Waals surface area (Å²) in [5.74, 6) is -0.920. The highest BCUT2D eigenvalue weighted by molar-refractivity contribution is 7.89. The Balaban J connectivity index is 1.63. The van der Waals surface area contributed by atoms with Crippen LogP contribution in [-0.4, -0.2) is 49.7 Å². The average Bonchev–Trinajstić information content (AvgIpc) is 3.13. The maximum atomic E-state index is 13.8. The van der Waals surface area contributed by atoms with E-state index >= 15 is 0 Å². The molecule has 25 heavy (non-hydrogen) atoms. The fraction of sp³-hybridized carbons (Fsp3) is 0.235. The summed E-state index contributed by atoms with van der Waals surface area (Å²) in [6.45, 7) is 0.854. The van der Waals surface area contributed by atoms with E-state index in [1.807, 2.05) is 17.5 Å². The molecule has 1 aromatic heterocycles. The van der Waals surface area contributed by atoms with E-state index in [9.17, 15) is 17.6 Å². The van der Waals surface area contributed by atoms with Crippen LogP contribution in [0.4, 0.5) is 4.39 Å². The molecular weight excluding hydrogens is 363 g/mol. The third kappa shape index (κ3) is 3.97. The molecule has 2 aromatic rings. The Kier molecular flexibility index (Phi) is 5.31. The van der Waals surface area contributed by atoms with Crippen LogP contribution in [0, 0.1) is 5.82 Å². The zero-order chi connectivity index (χ0) is 17.9. The van der Waals surface area contributed by atoms with Crippen molar-refractivity contribution in [2.45, 2.75) is 4.90 Å². The first-order chi connectivity index (χ1) is 12.0. The first-order valence-electron chi connectivity index (χ1n) is 7.73. The summed E-state index contributed by atoms with van der Waals surface area (Å²) in [5, 5.41) is 1.93. The van der Waals surface area contributed by atoms with Crippen LogP contribution in [0.3, 0.4) is 0 Å². The van der Waals surface area contributed by atoms with Crippen LogP contribution in [0.5, 0.6) is 0 Å². The van der Waals surface area contributed by atoms with Gasteiger partial charge in [0.25, 0.3) is 0 Å². The maximum Gasteiger partial charge on any atom is 0.246 e. The molecule has 2 heterocycles. The van der Waals surface area contributed by atoms with Gasteiger partial charge in [-0.15, -0.1) is 11.3 Å². The summed E-state index contributed by atoms with van der Waals surface area (Å²) in [7, 11) is -3.89. The minimum atomic E-state index is -3.89. The Morgan fingerprint density at radius 1 is 1.08 bits per heavy atom. The Bertz CT molecular complexity index is 871. The molecule has 0 saturated carbocycles. The van der Waals surface area contributed by atoms with E-state index in [1.54, 1.807) is 11.0 Å². The summed E-state index contributed by atoms with van der Waals surface area (Å²) in [6.07, 6.45) is 3.24. The summed E-state index contributed by atoms with van der Waals surface area (Å²) >= 11 is 1.53. The van der Waals surface area contributed by atoms with Crippen molar-refractivity contribution in [1.29, 1.82) is 0 Å². The lowest BCUT2D eigenvalue weighted by atomic mass is 10.3. The van der Waals surface area contributed by atoms with Gasteiger partial charge in [-0.3, -0.25) is 4.79 Å². The largest absolute Gasteiger partial charge is 0.337 e. The van der Waals surface area contributed by atoms with Crippen molar-refractivity contribution in [1.82, 2.24) is 9.21 Å². The van der Waals surface area contributed by atoms with E-state index in [1.165, 1.54) is 39.9 Å². The van der Waals surface area contributed by atoms with Crippen LogP contribution in [0.25, 0.3) is 6.08 Å². The number of sulfonamides is 1. The van der Waals surface area contributed by atoms with Crippen molar-refractivity contribution in [2.24, 2.45) is 0 Å². The molecule has 0 radical (unpaired) electrons. The molecule has 1 fully saturated rings. The standard InChI is InChI=1S/C17H17FN2O3S2/c18-15-5-1-2-6-16(15)25(22,23)20-11-9-19(10-12-20)17(21)8-7-14-4-3-13-24-14/h1-8,13H,9-12H2. The average molecular weight is 380 g/mol. The smallest absolute Gasteiger partial charge is 0.246 e. The molecule has 0 spiro atoms. The molecule has 0 bridgehead atoms. The molecule has 1 aliphatic rings. The van der Waals surface area contributed by atoms with Gasteiger partial charge >= 0.3 is 0 Å². The summed E-state index contributed by atoms with van der Waals surface area (Å²) in [5.41, 5.74) is 0. The minimum absolute atomic E-state index is 0.148. The lowest BCUT2D eigenvalue weighted by Gasteiger charge is -2.33. The molecule has 5 nitrogen and oxygen atoms in total.